The molecule has 6 heteroatoms. The number of amides is 1. The molecule has 0 heterocycles. The number of carbonyl (C=O) groups excluding carboxylic acids is 2. The molecule has 3 rings (SSSR count). The molecule has 1 atom stereocenters. The van der Waals surface area contributed by atoms with Crippen LogP contribution in [0.25, 0.3) is 0 Å². The Labute approximate surface area is 128 Å². The molecule has 0 saturated heterocycles. The van der Waals surface area contributed by atoms with Crippen molar-refractivity contribution in [3.05, 3.63) is 0 Å². The van der Waals surface area contributed by atoms with Gasteiger partial charge in [-0.05, 0) is 44.4 Å². The number of halogens is 2. The minimum Gasteiger partial charge on any atom is -0.455 e. The first-order valence-corrected chi connectivity index (χ1v) is 7.93. The minimum absolute atomic E-state index is 0.221. The van der Waals surface area contributed by atoms with Crippen LogP contribution >= 0.6 is 23.2 Å². The van der Waals surface area contributed by atoms with Crippen molar-refractivity contribution in [2.75, 3.05) is 6.61 Å². The summed E-state index contributed by atoms with van der Waals surface area (Å²) in [6, 6.07) is 0.276. The summed E-state index contributed by atoms with van der Waals surface area (Å²) in [5.41, 5.74) is -0.872. The van der Waals surface area contributed by atoms with Crippen molar-refractivity contribution in [2.45, 2.75) is 49.4 Å². The van der Waals surface area contributed by atoms with E-state index in [0.29, 0.717) is 18.3 Å². The summed E-state index contributed by atoms with van der Waals surface area (Å²) in [5.74, 6) is 0.538. The van der Waals surface area contributed by atoms with Crippen LogP contribution in [0.15, 0.2) is 0 Å². The third-order valence-corrected chi connectivity index (χ3v) is 5.73. The number of esters is 1. The average Bonchev–Trinajstić information content (AvgIpc) is 3.21. The maximum absolute atomic E-state index is 11.9. The van der Waals surface area contributed by atoms with E-state index in [2.05, 4.69) is 5.32 Å². The van der Waals surface area contributed by atoms with E-state index in [9.17, 15) is 9.59 Å². The van der Waals surface area contributed by atoms with Crippen molar-refractivity contribution < 1.29 is 14.3 Å². The molecule has 0 radical (unpaired) electrons. The molecule has 20 heavy (non-hydrogen) atoms. The Hall–Kier alpha value is -0.480. The predicted octanol–water partition coefficient (Wildman–Crippen LogP) is 2.42. The van der Waals surface area contributed by atoms with Crippen LogP contribution in [0.1, 0.15) is 39.0 Å². The second kappa shape index (κ2) is 4.77. The van der Waals surface area contributed by atoms with Gasteiger partial charge in [0.1, 0.15) is 9.75 Å². The maximum atomic E-state index is 11.9. The van der Waals surface area contributed by atoms with E-state index in [1.807, 2.05) is 0 Å². The van der Waals surface area contributed by atoms with Gasteiger partial charge in [-0.15, -0.1) is 23.2 Å². The van der Waals surface area contributed by atoms with Crippen molar-refractivity contribution in [2.24, 2.45) is 17.3 Å². The summed E-state index contributed by atoms with van der Waals surface area (Å²) in [5, 5.41) is 3.01. The zero-order valence-electron chi connectivity index (χ0n) is 11.5. The summed E-state index contributed by atoms with van der Waals surface area (Å²) < 4.78 is 4.00. The Morgan fingerprint density at radius 1 is 1.25 bits per heavy atom. The van der Waals surface area contributed by atoms with Crippen LogP contribution in [-0.2, 0) is 14.3 Å². The lowest BCUT2D eigenvalue weighted by Crippen LogP contribution is -2.41. The largest absolute Gasteiger partial charge is 0.455 e. The molecule has 1 amide bonds. The fourth-order valence-corrected chi connectivity index (χ4v) is 3.36. The topological polar surface area (TPSA) is 55.4 Å². The van der Waals surface area contributed by atoms with Gasteiger partial charge in [0.05, 0.1) is 0 Å². The molecule has 3 aliphatic carbocycles. The molecule has 4 nitrogen and oxygen atoms in total. The summed E-state index contributed by atoms with van der Waals surface area (Å²) in [7, 11) is 0. The van der Waals surface area contributed by atoms with Crippen LogP contribution in [-0.4, -0.2) is 28.9 Å². The van der Waals surface area contributed by atoms with E-state index in [4.69, 9.17) is 27.9 Å². The highest BCUT2D eigenvalue weighted by molar-refractivity contribution is 6.53. The van der Waals surface area contributed by atoms with Crippen LogP contribution in [0.4, 0.5) is 0 Å². The van der Waals surface area contributed by atoms with Crippen LogP contribution < -0.4 is 5.32 Å². The Balaban J connectivity index is 1.44. The Bertz CT molecular complexity index is 434. The summed E-state index contributed by atoms with van der Waals surface area (Å²) in [6.45, 7) is 1.42. The van der Waals surface area contributed by atoms with Crippen molar-refractivity contribution in [1.82, 2.24) is 5.32 Å². The standard InChI is InChI=1S/C14H19Cl2NO3/c1-13(7-14(13,15)16)12(19)20-6-10(18)17-11(8-2-3-8)9-4-5-9/h8-9,11H,2-7H2,1H3,(H,17,18). The van der Waals surface area contributed by atoms with Crippen molar-refractivity contribution in [3.63, 3.8) is 0 Å². The van der Waals surface area contributed by atoms with E-state index in [0.717, 1.165) is 0 Å². The van der Waals surface area contributed by atoms with Gasteiger partial charge in [-0.2, -0.15) is 0 Å². The summed E-state index contributed by atoms with van der Waals surface area (Å²) >= 11 is 11.8. The third kappa shape index (κ3) is 2.77. The number of alkyl halides is 2. The molecule has 0 spiro atoms. The SMILES string of the molecule is CC1(C(=O)OCC(=O)NC(C2CC2)C2CC2)CC1(Cl)Cl. The average molecular weight is 320 g/mol. The summed E-state index contributed by atoms with van der Waals surface area (Å²) in [6.07, 6.45) is 5.15. The monoisotopic (exact) mass is 319 g/mol. The molecule has 3 fully saturated rings. The molecule has 0 aromatic carbocycles. The number of rotatable bonds is 6. The first kappa shape index (κ1) is 14.5. The van der Waals surface area contributed by atoms with E-state index in [-0.39, 0.29) is 18.6 Å². The van der Waals surface area contributed by atoms with Crippen LogP contribution in [0.2, 0.25) is 0 Å². The molecular formula is C14H19Cl2NO3. The molecule has 3 saturated carbocycles. The smallest absolute Gasteiger partial charge is 0.315 e. The minimum atomic E-state index is -1.05. The first-order valence-electron chi connectivity index (χ1n) is 7.18. The maximum Gasteiger partial charge on any atom is 0.315 e. The van der Waals surface area contributed by atoms with Gasteiger partial charge in [0.2, 0.25) is 0 Å². The molecule has 3 aliphatic rings. The van der Waals surface area contributed by atoms with Gasteiger partial charge in [0.25, 0.3) is 5.91 Å². The van der Waals surface area contributed by atoms with Crippen LogP contribution in [0.3, 0.4) is 0 Å². The normalized spacial score (nSPS) is 31.0. The van der Waals surface area contributed by atoms with Crippen LogP contribution in [0.5, 0.6) is 0 Å². The van der Waals surface area contributed by atoms with Gasteiger partial charge in [0, 0.05) is 12.5 Å². The van der Waals surface area contributed by atoms with Gasteiger partial charge in [-0.1, -0.05) is 0 Å². The van der Waals surface area contributed by atoms with E-state index >= 15 is 0 Å². The Kier molecular flexibility index (Phi) is 3.45. The number of hydrogen-bond donors (Lipinski definition) is 1. The van der Waals surface area contributed by atoms with Gasteiger partial charge < -0.3 is 10.1 Å². The quantitative estimate of drug-likeness (QED) is 0.604. The lowest BCUT2D eigenvalue weighted by molar-refractivity contribution is -0.153. The second-order valence-electron chi connectivity index (χ2n) is 6.56. The molecule has 1 unspecified atom stereocenters. The van der Waals surface area contributed by atoms with Crippen LogP contribution in [0, 0.1) is 17.3 Å². The van der Waals surface area contributed by atoms with Gasteiger partial charge >= 0.3 is 5.97 Å². The molecule has 0 bridgehead atoms. The second-order valence-corrected chi connectivity index (χ2v) is 8.04. The van der Waals surface area contributed by atoms with Crippen molar-refractivity contribution >= 4 is 35.1 Å². The molecule has 0 aliphatic heterocycles. The molecule has 112 valence electrons. The van der Waals surface area contributed by atoms with Crippen molar-refractivity contribution in [1.29, 1.82) is 0 Å². The Morgan fingerprint density at radius 2 is 1.75 bits per heavy atom. The van der Waals surface area contributed by atoms with E-state index in [1.165, 1.54) is 25.7 Å². The molecule has 0 aromatic rings. The zero-order valence-corrected chi connectivity index (χ0v) is 13.0. The fourth-order valence-electron chi connectivity index (χ4n) is 2.67. The number of ether oxygens (including phenoxy) is 1. The molecule has 0 aromatic heterocycles. The number of carbonyl (C=O) groups is 2. The fraction of sp³-hybridized carbons (Fsp3) is 0.857. The Morgan fingerprint density at radius 3 is 2.15 bits per heavy atom. The van der Waals surface area contributed by atoms with Gasteiger partial charge in [-0.25, -0.2) is 0 Å². The van der Waals surface area contributed by atoms with Crippen molar-refractivity contribution in [3.8, 4) is 0 Å². The van der Waals surface area contributed by atoms with Gasteiger partial charge in [-0.3, -0.25) is 9.59 Å². The highest BCUT2D eigenvalue weighted by atomic mass is 35.5. The first-order chi connectivity index (χ1) is 9.33. The molecule has 1 N–H and O–H groups in total. The number of hydrogen-bond acceptors (Lipinski definition) is 3. The van der Waals surface area contributed by atoms with Gasteiger partial charge in [0.15, 0.2) is 6.61 Å². The van der Waals surface area contributed by atoms with E-state index in [1.54, 1.807) is 6.92 Å². The van der Waals surface area contributed by atoms with E-state index < -0.39 is 15.7 Å². The number of nitrogens with one attached hydrogen (secondary N) is 1. The molecular weight excluding hydrogens is 301 g/mol. The summed E-state index contributed by atoms with van der Waals surface area (Å²) in [4.78, 5) is 23.7. The lowest BCUT2D eigenvalue weighted by Gasteiger charge is -2.18. The highest BCUT2D eigenvalue weighted by Gasteiger charge is 2.69. The lowest BCUT2D eigenvalue weighted by atomic mass is 10.1. The third-order valence-electron chi connectivity index (χ3n) is 4.63. The highest BCUT2D eigenvalue weighted by Crippen LogP contribution is 2.64. The predicted molar refractivity (Wildman–Crippen MR) is 75.5 cm³/mol. The zero-order chi connectivity index (χ0) is 14.5.